The fourth-order valence-corrected chi connectivity index (χ4v) is 1.98. The third-order valence-electron chi connectivity index (χ3n) is 3.25. The van der Waals surface area contributed by atoms with E-state index in [1.807, 2.05) is 0 Å². The highest BCUT2D eigenvalue weighted by molar-refractivity contribution is 5.94. The minimum absolute atomic E-state index is 0.000626. The van der Waals surface area contributed by atoms with Gasteiger partial charge in [-0.05, 0) is 24.8 Å². The van der Waals surface area contributed by atoms with Crippen LogP contribution in [0.3, 0.4) is 0 Å². The van der Waals surface area contributed by atoms with Crippen molar-refractivity contribution >= 4 is 11.7 Å². The van der Waals surface area contributed by atoms with E-state index in [0.717, 1.165) is 12.8 Å². The van der Waals surface area contributed by atoms with Gasteiger partial charge in [-0.3, -0.25) is 4.79 Å². The number of halogens is 1. The van der Waals surface area contributed by atoms with Gasteiger partial charge in [-0.1, -0.05) is 6.42 Å². The number of amides is 1. The zero-order valence-electron chi connectivity index (χ0n) is 9.82. The summed E-state index contributed by atoms with van der Waals surface area (Å²) in [5.74, 6) is -0.722. The predicted molar refractivity (Wildman–Crippen MR) is 62.9 cm³/mol. The Morgan fingerprint density at radius 2 is 2.35 bits per heavy atom. The molecular formula is C12H16FN3O. The summed E-state index contributed by atoms with van der Waals surface area (Å²) >= 11 is 0. The monoisotopic (exact) mass is 237 g/mol. The summed E-state index contributed by atoms with van der Waals surface area (Å²) in [7, 11) is 1.69. The number of nitrogens with zero attached hydrogens (tertiary/aromatic N) is 2. The lowest BCUT2D eigenvalue weighted by atomic mass is 9.85. The van der Waals surface area contributed by atoms with E-state index in [4.69, 9.17) is 5.73 Å². The molecule has 0 bridgehead atoms. The maximum absolute atomic E-state index is 13.6. The summed E-state index contributed by atoms with van der Waals surface area (Å²) in [4.78, 5) is 17.2. The molecule has 0 unspecified atom stereocenters. The Hall–Kier alpha value is -1.65. The summed E-state index contributed by atoms with van der Waals surface area (Å²) in [6, 6.07) is 1.37. The second-order valence-electron chi connectivity index (χ2n) is 4.54. The zero-order chi connectivity index (χ0) is 12.4. The first-order chi connectivity index (χ1) is 8.09. The molecule has 0 atom stereocenters. The molecular weight excluding hydrogens is 221 g/mol. The molecule has 0 spiro atoms. The summed E-state index contributed by atoms with van der Waals surface area (Å²) < 4.78 is 13.6. The smallest absolute Gasteiger partial charge is 0.256 e. The van der Waals surface area contributed by atoms with Crippen molar-refractivity contribution < 1.29 is 9.18 Å². The Balaban J connectivity index is 2.09. The van der Waals surface area contributed by atoms with Crippen molar-refractivity contribution in [1.29, 1.82) is 0 Å². The molecule has 1 aromatic heterocycles. The largest absolute Gasteiger partial charge is 0.381 e. The van der Waals surface area contributed by atoms with Gasteiger partial charge in [-0.2, -0.15) is 0 Å². The fraction of sp³-hybridized carbons (Fsp3) is 0.500. The molecule has 1 aromatic rings. The van der Waals surface area contributed by atoms with Crippen LogP contribution < -0.4 is 5.73 Å². The van der Waals surface area contributed by atoms with Gasteiger partial charge in [0.25, 0.3) is 5.91 Å². The molecule has 0 saturated heterocycles. The topological polar surface area (TPSA) is 59.2 Å². The number of carbonyl (C=O) groups excluding carboxylic acids is 1. The number of rotatable bonds is 3. The van der Waals surface area contributed by atoms with Gasteiger partial charge < -0.3 is 10.6 Å². The maximum atomic E-state index is 13.6. The van der Waals surface area contributed by atoms with Crippen LogP contribution >= 0.6 is 0 Å². The van der Waals surface area contributed by atoms with Crippen molar-refractivity contribution in [3.05, 3.63) is 23.6 Å². The first-order valence-electron chi connectivity index (χ1n) is 5.75. The fourth-order valence-electron chi connectivity index (χ4n) is 1.98. The first-order valence-corrected chi connectivity index (χ1v) is 5.75. The number of nitrogens with two attached hydrogens (primary N) is 1. The van der Waals surface area contributed by atoms with Gasteiger partial charge in [-0.25, -0.2) is 9.37 Å². The molecule has 4 nitrogen and oxygen atoms in total. The van der Waals surface area contributed by atoms with Crippen molar-refractivity contribution in [2.24, 2.45) is 5.92 Å². The van der Waals surface area contributed by atoms with Crippen LogP contribution in [0.2, 0.25) is 0 Å². The SMILES string of the molecule is CN(CC1CCC1)C(=O)c1ccnc(N)c1F. The number of hydrogen-bond donors (Lipinski definition) is 1. The number of aromatic nitrogens is 1. The highest BCUT2D eigenvalue weighted by Gasteiger charge is 2.24. The minimum Gasteiger partial charge on any atom is -0.381 e. The molecule has 2 N–H and O–H groups in total. The molecule has 2 rings (SSSR count). The van der Waals surface area contributed by atoms with Crippen LogP contribution in [0.4, 0.5) is 10.2 Å². The van der Waals surface area contributed by atoms with Crippen LogP contribution in [0.5, 0.6) is 0 Å². The molecule has 17 heavy (non-hydrogen) atoms. The van der Waals surface area contributed by atoms with E-state index in [-0.39, 0.29) is 17.3 Å². The minimum atomic E-state index is -0.724. The lowest BCUT2D eigenvalue weighted by Gasteiger charge is -2.30. The second-order valence-corrected chi connectivity index (χ2v) is 4.54. The van der Waals surface area contributed by atoms with E-state index in [2.05, 4.69) is 4.98 Å². The summed E-state index contributed by atoms with van der Waals surface area (Å²) in [5.41, 5.74) is 5.34. The average molecular weight is 237 g/mol. The maximum Gasteiger partial charge on any atom is 0.256 e. The highest BCUT2D eigenvalue weighted by Crippen LogP contribution is 2.27. The summed E-state index contributed by atoms with van der Waals surface area (Å²) in [6.07, 6.45) is 4.88. The third kappa shape index (κ3) is 2.38. The Morgan fingerprint density at radius 3 is 2.94 bits per heavy atom. The number of pyridine rings is 1. The zero-order valence-corrected chi connectivity index (χ0v) is 9.82. The number of carbonyl (C=O) groups is 1. The van der Waals surface area contributed by atoms with E-state index in [9.17, 15) is 9.18 Å². The summed E-state index contributed by atoms with van der Waals surface area (Å²) in [5, 5.41) is 0. The van der Waals surface area contributed by atoms with Crippen LogP contribution in [0.15, 0.2) is 12.3 Å². The molecule has 1 fully saturated rings. The van der Waals surface area contributed by atoms with Crippen LogP contribution in [-0.2, 0) is 0 Å². The molecule has 92 valence electrons. The van der Waals surface area contributed by atoms with E-state index < -0.39 is 5.82 Å². The van der Waals surface area contributed by atoms with E-state index >= 15 is 0 Å². The molecule has 1 saturated carbocycles. The number of anilines is 1. The molecule has 1 aliphatic carbocycles. The Morgan fingerprint density at radius 1 is 1.65 bits per heavy atom. The van der Waals surface area contributed by atoms with Gasteiger partial charge in [0.15, 0.2) is 11.6 Å². The lowest BCUT2D eigenvalue weighted by Crippen LogP contribution is -2.34. The van der Waals surface area contributed by atoms with E-state index in [1.54, 1.807) is 11.9 Å². The molecule has 0 radical (unpaired) electrons. The summed E-state index contributed by atoms with van der Waals surface area (Å²) in [6.45, 7) is 0.681. The van der Waals surface area contributed by atoms with Gasteiger partial charge >= 0.3 is 0 Å². The molecule has 1 amide bonds. The Kier molecular flexibility index (Phi) is 3.26. The van der Waals surface area contributed by atoms with Gasteiger partial charge in [0.2, 0.25) is 0 Å². The van der Waals surface area contributed by atoms with Crippen LogP contribution in [0.1, 0.15) is 29.6 Å². The van der Waals surface area contributed by atoms with Crippen molar-refractivity contribution in [3.63, 3.8) is 0 Å². The van der Waals surface area contributed by atoms with Crippen molar-refractivity contribution in [3.8, 4) is 0 Å². The van der Waals surface area contributed by atoms with Crippen LogP contribution in [0.25, 0.3) is 0 Å². The Bertz CT molecular complexity index is 432. The van der Waals surface area contributed by atoms with Gasteiger partial charge in [-0.15, -0.1) is 0 Å². The molecule has 1 aliphatic rings. The van der Waals surface area contributed by atoms with Crippen molar-refractivity contribution in [2.75, 3.05) is 19.3 Å². The van der Waals surface area contributed by atoms with E-state index in [1.165, 1.54) is 18.7 Å². The molecule has 5 heteroatoms. The van der Waals surface area contributed by atoms with Gasteiger partial charge in [0.1, 0.15) is 0 Å². The molecule has 0 aliphatic heterocycles. The van der Waals surface area contributed by atoms with Crippen LogP contribution in [0, 0.1) is 11.7 Å². The average Bonchev–Trinajstić information content (AvgIpc) is 2.26. The predicted octanol–water partition coefficient (Wildman–Crippen LogP) is 1.67. The van der Waals surface area contributed by atoms with Crippen molar-refractivity contribution in [2.45, 2.75) is 19.3 Å². The van der Waals surface area contributed by atoms with Gasteiger partial charge in [0, 0.05) is 19.8 Å². The standard InChI is InChI=1S/C12H16FN3O/c1-16(7-8-3-2-4-8)12(17)9-5-6-15-11(14)10(9)13/h5-6,8H,2-4,7H2,1H3,(H2,14,15). The van der Waals surface area contributed by atoms with E-state index in [0.29, 0.717) is 12.5 Å². The molecule has 0 aromatic carbocycles. The Labute approximate surface area is 99.6 Å². The third-order valence-corrected chi connectivity index (χ3v) is 3.25. The molecule has 1 heterocycles. The first kappa shape index (κ1) is 11.8. The van der Waals surface area contributed by atoms with Gasteiger partial charge in [0.05, 0.1) is 5.56 Å². The quantitative estimate of drug-likeness (QED) is 0.870. The van der Waals surface area contributed by atoms with Crippen LogP contribution in [-0.4, -0.2) is 29.4 Å². The highest BCUT2D eigenvalue weighted by atomic mass is 19.1. The van der Waals surface area contributed by atoms with Crippen molar-refractivity contribution in [1.82, 2.24) is 9.88 Å². The second kappa shape index (κ2) is 4.69. The lowest BCUT2D eigenvalue weighted by molar-refractivity contribution is 0.0740. The number of hydrogen-bond acceptors (Lipinski definition) is 3. The normalized spacial score (nSPS) is 15.4. The number of nitrogen functional groups attached to an aromatic ring is 1.